The van der Waals surface area contributed by atoms with Crippen molar-refractivity contribution in [1.29, 1.82) is 0 Å². The van der Waals surface area contributed by atoms with Crippen molar-refractivity contribution in [3.05, 3.63) is 65.6 Å². The van der Waals surface area contributed by atoms with Crippen molar-refractivity contribution < 1.29 is 14.3 Å². The SMILES string of the molecule is C=CCn1nc(C)c(-c2cc(C(=O)N3CCC(O)(c4cccnc4F)CC3)[nH]n2)c1C. The van der Waals surface area contributed by atoms with Crippen LogP contribution in [0.25, 0.3) is 11.3 Å². The van der Waals surface area contributed by atoms with Crippen LogP contribution in [0.5, 0.6) is 0 Å². The van der Waals surface area contributed by atoms with E-state index in [9.17, 15) is 14.3 Å². The fourth-order valence-electron chi connectivity index (χ4n) is 4.18. The predicted octanol–water partition coefficient (Wildman–Crippen LogP) is 2.73. The van der Waals surface area contributed by atoms with Gasteiger partial charge in [0.1, 0.15) is 5.69 Å². The lowest BCUT2D eigenvalue weighted by Crippen LogP contribution is -2.45. The Bertz CT molecular complexity index is 1130. The number of pyridine rings is 1. The second-order valence-corrected chi connectivity index (χ2v) is 7.85. The molecule has 9 heteroatoms. The number of amides is 1. The third-order valence-corrected chi connectivity index (χ3v) is 5.89. The van der Waals surface area contributed by atoms with Gasteiger partial charge in [0.2, 0.25) is 5.95 Å². The van der Waals surface area contributed by atoms with Gasteiger partial charge in [-0.25, -0.2) is 4.98 Å². The highest BCUT2D eigenvalue weighted by Crippen LogP contribution is 2.34. The Kier molecular flexibility index (Phi) is 5.45. The first kappa shape index (κ1) is 20.9. The van der Waals surface area contributed by atoms with Crippen LogP contribution < -0.4 is 0 Å². The Labute approximate surface area is 179 Å². The first-order chi connectivity index (χ1) is 14.8. The molecule has 1 amide bonds. The molecule has 3 aromatic rings. The van der Waals surface area contributed by atoms with E-state index in [-0.39, 0.29) is 24.3 Å². The number of allylic oxidation sites excluding steroid dienone is 1. The van der Waals surface area contributed by atoms with E-state index >= 15 is 0 Å². The number of carbonyl (C=O) groups excluding carboxylic acids is 1. The Morgan fingerprint density at radius 2 is 2.13 bits per heavy atom. The van der Waals surface area contributed by atoms with Gasteiger partial charge in [0.05, 0.1) is 23.5 Å². The molecule has 0 aliphatic carbocycles. The monoisotopic (exact) mass is 424 g/mol. The predicted molar refractivity (Wildman–Crippen MR) is 113 cm³/mol. The minimum atomic E-state index is -1.33. The quantitative estimate of drug-likeness (QED) is 0.485. The molecule has 1 saturated heterocycles. The number of nitrogens with one attached hydrogen (secondary N) is 1. The maximum Gasteiger partial charge on any atom is 0.271 e. The van der Waals surface area contributed by atoms with Crippen LogP contribution in [0.15, 0.2) is 37.1 Å². The second kappa shape index (κ2) is 8.07. The first-order valence-electron chi connectivity index (χ1n) is 10.2. The number of nitrogens with zero attached hydrogens (tertiary/aromatic N) is 5. The molecule has 8 nitrogen and oxygen atoms in total. The summed E-state index contributed by atoms with van der Waals surface area (Å²) < 4.78 is 15.9. The third-order valence-electron chi connectivity index (χ3n) is 5.89. The number of likely N-dealkylation sites (tertiary alicyclic amines) is 1. The molecule has 4 rings (SSSR count). The summed E-state index contributed by atoms with van der Waals surface area (Å²) >= 11 is 0. The number of hydrogen-bond donors (Lipinski definition) is 2. The zero-order valence-corrected chi connectivity index (χ0v) is 17.6. The van der Waals surface area contributed by atoms with Crippen LogP contribution in [0.2, 0.25) is 0 Å². The Morgan fingerprint density at radius 3 is 2.81 bits per heavy atom. The summed E-state index contributed by atoms with van der Waals surface area (Å²) in [4.78, 5) is 18.3. The second-order valence-electron chi connectivity index (χ2n) is 7.85. The molecule has 0 spiro atoms. The van der Waals surface area contributed by atoms with Crippen LogP contribution in [0, 0.1) is 19.8 Å². The van der Waals surface area contributed by atoms with Gasteiger partial charge < -0.3 is 10.0 Å². The maximum absolute atomic E-state index is 14.0. The van der Waals surface area contributed by atoms with Crippen molar-refractivity contribution >= 4 is 5.91 Å². The summed E-state index contributed by atoms with van der Waals surface area (Å²) in [6.45, 7) is 8.80. The van der Waals surface area contributed by atoms with Crippen LogP contribution in [0.1, 0.15) is 40.3 Å². The molecular formula is C22H25FN6O2. The lowest BCUT2D eigenvalue weighted by atomic mass is 9.85. The summed E-state index contributed by atoms with van der Waals surface area (Å²) in [6.07, 6.45) is 3.59. The number of aromatic nitrogens is 5. The molecule has 0 unspecified atom stereocenters. The number of aryl methyl sites for hydroxylation is 1. The largest absolute Gasteiger partial charge is 0.385 e. The molecule has 1 aliphatic rings. The van der Waals surface area contributed by atoms with Crippen molar-refractivity contribution in [3.8, 4) is 11.3 Å². The van der Waals surface area contributed by atoms with Gasteiger partial charge in [0, 0.05) is 36.1 Å². The van der Waals surface area contributed by atoms with Gasteiger partial charge in [0.25, 0.3) is 5.91 Å². The minimum absolute atomic E-state index is 0.174. The molecule has 1 aliphatic heterocycles. The number of aromatic amines is 1. The number of hydrogen-bond acceptors (Lipinski definition) is 5. The van der Waals surface area contributed by atoms with Gasteiger partial charge in [-0.05, 0) is 38.8 Å². The molecule has 162 valence electrons. The van der Waals surface area contributed by atoms with Crippen molar-refractivity contribution in [2.75, 3.05) is 13.1 Å². The molecule has 0 saturated carbocycles. The molecule has 31 heavy (non-hydrogen) atoms. The molecule has 0 aromatic carbocycles. The van der Waals surface area contributed by atoms with Gasteiger partial charge in [-0.2, -0.15) is 14.6 Å². The molecule has 0 bridgehead atoms. The standard InChI is InChI=1S/C22H25FN6O2/c1-4-10-29-15(3)19(14(2)27-29)17-13-18(26-25-17)21(30)28-11-7-22(31,8-12-28)16-6-5-9-24-20(16)23/h4-6,9,13,31H,1,7-8,10-12H2,2-3H3,(H,25,26). The minimum Gasteiger partial charge on any atom is -0.385 e. The molecule has 1 fully saturated rings. The van der Waals surface area contributed by atoms with Crippen molar-refractivity contribution in [1.82, 2.24) is 29.9 Å². The van der Waals surface area contributed by atoms with Gasteiger partial charge in [-0.15, -0.1) is 6.58 Å². The smallest absolute Gasteiger partial charge is 0.271 e. The average Bonchev–Trinajstić information content (AvgIpc) is 3.33. The third kappa shape index (κ3) is 3.76. The summed E-state index contributed by atoms with van der Waals surface area (Å²) in [7, 11) is 0. The Morgan fingerprint density at radius 1 is 1.39 bits per heavy atom. The van der Waals surface area contributed by atoms with Crippen LogP contribution in [0.4, 0.5) is 4.39 Å². The van der Waals surface area contributed by atoms with E-state index in [1.807, 2.05) is 18.5 Å². The van der Waals surface area contributed by atoms with E-state index in [0.717, 1.165) is 17.0 Å². The van der Waals surface area contributed by atoms with Crippen LogP contribution in [-0.4, -0.2) is 54.0 Å². The van der Waals surface area contributed by atoms with Gasteiger partial charge in [-0.3, -0.25) is 14.6 Å². The number of rotatable bonds is 5. The number of carbonyl (C=O) groups is 1. The number of H-pyrrole nitrogens is 1. The molecule has 2 N–H and O–H groups in total. The lowest BCUT2D eigenvalue weighted by Gasteiger charge is -2.38. The number of halogens is 1. The summed E-state index contributed by atoms with van der Waals surface area (Å²) in [5.41, 5.74) is 2.52. The van der Waals surface area contributed by atoms with Crippen LogP contribution >= 0.6 is 0 Å². The number of piperidine rings is 1. The molecule has 0 radical (unpaired) electrons. The van der Waals surface area contributed by atoms with E-state index in [1.54, 1.807) is 23.1 Å². The topological polar surface area (TPSA) is 99.9 Å². The van der Waals surface area contributed by atoms with Crippen molar-refractivity contribution in [2.24, 2.45) is 0 Å². The fraction of sp³-hybridized carbons (Fsp3) is 0.364. The molecular weight excluding hydrogens is 399 g/mol. The zero-order valence-electron chi connectivity index (χ0n) is 17.6. The van der Waals surface area contributed by atoms with Crippen LogP contribution in [0.3, 0.4) is 0 Å². The summed E-state index contributed by atoms with van der Waals surface area (Å²) in [5.74, 6) is -0.882. The number of aliphatic hydroxyl groups is 1. The van der Waals surface area contributed by atoms with Crippen molar-refractivity contribution in [3.63, 3.8) is 0 Å². The van der Waals surface area contributed by atoms with E-state index in [0.29, 0.717) is 31.0 Å². The molecule has 3 aromatic heterocycles. The van der Waals surface area contributed by atoms with E-state index in [1.165, 1.54) is 12.3 Å². The fourth-order valence-corrected chi connectivity index (χ4v) is 4.18. The lowest BCUT2D eigenvalue weighted by molar-refractivity contribution is -0.0242. The summed E-state index contributed by atoms with van der Waals surface area (Å²) in [6, 6.07) is 4.86. The molecule has 0 atom stereocenters. The van der Waals surface area contributed by atoms with Crippen molar-refractivity contribution in [2.45, 2.75) is 38.8 Å². The Hall–Kier alpha value is -3.33. The summed E-state index contributed by atoms with van der Waals surface area (Å²) in [5, 5.41) is 22.6. The maximum atomic E-state index is 14.0. The van der Waals surface area contributed by atoms with Crippen LogP contribution in [-0.2, 0) is 12.1 Å². The van der Waals surface area contributed by atoms with E-state index < -0.39 is 11.5 Å². The average molecular weight is 424 g/mol. The highest BCUT2D eigenvalue weighted by molar-refractivity contribution is 5.93. The van der Waals surface area contributed by atoms with E-state index in [2.05, 4.69) is 26.9 Å². The first-order valence-corrected chi connectivity index (χ1v) is 10.2. The highest BCUT2D eigenvalue weighted by atomic mass is 19.1. The highest BCUT2D eigenvalue weighted by Gasteiger charge is 2.38. The van der Waals surface area contributed by atoms with E-state index in [4.69, 9.17) is 0 Å². The van der Waals surface area contributed by atoms with Gasteiger partial charge in [-0.1, -0.05) is 12.1 Å². The van der Waals surface area contributed by atoms with Gasteiger partial charge in [0.15, 0.2) is 0 Å². The zero-order chi connectivity index (χ0) is 22.2. The van der Waals surface area contributed by atoms with Gasteiger partial charge >= 0.3 is 0 Å². The normalized spacial score (nSPS) is 15.8. The molecule has 4 heterocycles. The Balaban J connectivity index is 1.49.